The van der Waals surface area contributed by atoms with E-state index in [1.54, 1.807) is 0 Å². The normalized spacial score (nSPS) is 10.0. The third-order valence-corrected chi connectivity index (χ3v) is 2.23. The van der Waals surface area contributed by atoms with Crippen LogP contribution in [0.1, 0.15) is 13.3 Å². The zero-order valence-electron chi connectivity index (χ0n) is 10.7. The van der Waals surface area contributed by atoms with Crippen molar-refractivity contribution >= 4 is 17.5 Å². The minimum absolute atomic E-state index is 0.0945. The Labute approximate surface area is 110 Å². The van der Waals surface area contributed by atoms with Crippen LogP contribution in [-0.4, -0.2) is 25.9 Å². The monoisotopic (exact) mass is 271 g/mol. The molecule has 0 aliphatic heterocycles. The lowest BCUT2D eigenvalue weighted by atomic mass is 10.2. The molecule has 0 saturated carbocycles. The fourth-order valence-electron chi connectivity index (χ4n) is 1.38. The number of primary amides is 1. The second kappa shape index (κ2) is 7.30. The highest BCUT2D eigenvalue weighted by Crippen LogP contribution is 2.28. The first kappa shape index (κ1) is 14.9. The summed E-state index contributed by atoms with van der Waals surface area (Å²) < 4.78 is 23.3. The Hall–Kier alpha value is -2.18. The summed E-state index contributed by atoms with van der Waals surface area (Å²) in [7, 11) is 0. The van der Waals surface area contributed by atoms with Crippen LogP contribution in [0.2, 0.25) is 0 Å². The van der Waals surface area contributed by atoms with Crippen LogP contribution in [0.3, 0.4) is 0 Å². The molecule has 0 unspecified atom stereocenters. The Morgan fingerprint density at radius 1 is 1.42 bits per heavy atom. The highest BCUT2D eigenvalue weighted by atomic mass is 19.1. The van der Waals surface area contributed by atoms with Gasteiger partial charge in [-0.3, -0.25) is 0 Å². The lowest BCUT2D eigenvalue weighted by Crippen LogP contribution is -2.18. The van der Waals surface area contributed by atoms with Gasteiger partial charge in [0.15, 0.2) is 11.6 Å². The Bertz CT molecular complexity index is 440. The summed E-state index contributed by atoms with van der Waals surface area (Å²) in [5.74, 6) is -0.376. The van der Waals surface area contributed by atoms with Crippen molar-refractivity contribution in [2.24, 2.45) is 5.73 Å². The zero-order valence-corrected chi connectivity index (χ0v) is 10.7. The molecule has 0 radical (unpaired) electrons. The van der Waals surface area contributed by atoms with Gasteiger partial charge in [-0.2, -0.15) is 0 Å². The molecule has 0 atom stereocenters. The van der Waals surface area contributed by atoms with Crippen LogP contribution in [0.5, 0.6) is 5.75 Å². The molecule has 0 bridgehead atoms. The van der Waals surface area contributed by atoms with Crippen molar-refractivity contribution < 1.29 is 18.7 Å². The first-order valence-electron chi connectivity index (χ1n) is 5.92. The van der Waals surface area contributed by atoms with Gasteiger partial charge in [0.05, 0.1) is 18.0 Å². The van der Waals surface area contributed by atoms with Crippen LogP contribution in [0.4, 0.5) is 20.6 Å². The van der Waals surface area contributed by atoms with Gasteiger partial charge in [-0.25, -0.2) is 9.18 Å². The minimum atomic E-state index is -0.846. The molecule has 1 amide bonds. The van der Waals surface area contributed by atoms with Gasteiger partial charge in [-0.1, -0.05) is 6.92 Å². The molecule has 6 nitrogen and oxygen atoms in total. The van der Waals surface area contributed by atoms with Gasteiger partial charge >= 0.3 is 6.09 Å². The van der Waals surface area contributed by atoms with Crippen molar-refractivity contribution in [2.45, 2.75) is 13.3 Å². The molecule has 5 N–H and O–H groups in total. The van der Waals surface area contributed by atoms with Crippen LogP contribution in [0.25, 0.3) is 0 Å². The van der Waals surface area contributed by atoms with Crippen molar-refractivity contribution in [3.63, 3.8) is 0 Å². The largest absolute Gasteiger partial charge is 0.490 e. The summed E-state index contributed by atoms with van der Waals surface area (Å²) in [5.41, 5.74) is 11.3. The fraction of sp³-hybridized carbons (Fsp3) is 0.417. The van der Waals surface area contributed by atoms with E-state index in [2.05, 4.69) is 10.1 Å². The van der Waals surface area contributed by atoms with E-state index in [-0.39, 0.29) is 18.0 Å². The number of amides is 1. The van der Waals surface area contributed by atoms with E-state index in [4.69, 9.17) is 16.2 Å². The Morgan fingerprint density at radius 3 is 2.79 bits per heavy atom. The average molecular weight is 271 g/mol. The number of nitrogens with two attached hydrogens (primary N) is 2. The molecular weight excluding hydrogens is 253 g/mol. The number of benzene rings is 1. The van der Waals surface area contributed by atoms with E-state index in [1.807, 2.05) is 6.92 Å². The highest BCUT2D eigenvalue weighted by molar-refractivity contribution is 5.68. The molecule has 0 aliphatic rings. The maximum atomic E-state index is 13.5. The molecule has 0 saturated heterocycles. The van der Waals surface area contributed by atoms with Crippen LogP contribution in [0, 0.1) is 5.82 Å². The van der Waals surface area contributed by atoms with Crippen LogP contribution >= 0.6 is 0 Å². The van der Waals surface area contributed by atoms with Gasteiger partial charge in [-0.05, 0) is 6.42 Å². The number of hydrogen-bond acceptors (Lipinski definition) is 5. The predicted molar refractivity (Wildman–Crippen MR) is 70.6 cm³/mol. The lowest BCUT2D eigenvalue weighted by Gasteiger charge is -2.12. The second-order valence-electron chi connectivity index (χ2n) is 3.81. The van der Waals surface area contributed by atoms with Gasteiger partial charge < -0.3 is 26.3 Å². The molecule has 0 aromatic heterocycles. The van der Waals surface area contributed by atoms with Gasteiger partial charge in [0.2, 0.25) is 0 Å². The summed E-state index contributed by atoms with van der Waals surface area (Å²) in [4.78, 5) is 10.4. The summed E-state index contributed by atoms with van der Waals surface area (Å²) in [6.45, 7) is 2.75. The van der Waals surface area contributed by atoms with Crippen molar-refractivity contribution in [2.75, 3.05) is 30.8 Å². The Morgan fingerprint density at radius 2 is 2.16 bits per heavy atom. The summed E-state index contributed by atoms with van der Waals surface area (Å²) >= 11 is 0. The number of carbonyl (C=O) groups is 1. The van der Waals surface area contributed by atoms with Crippen molar-refractivity contribution in [3.8, 4) is 5.75 Å². The Kier molecular flexibility index (Phi) is 5.72. The molecule has 0 spiro atoms. The second-order valence-corrected chi connectivity index (χ2v) is 3.81. The predicted octanol–water partition coefficient (Wildman–Crippen LogP) is 1.70. The first-order chi connectivity index (χ1) is 9.04. The number of nitrogens with one attached hydrogen (secondary N) is 1. The number of ether oxygens (including phenoxy) is 2. The first-order valence-corrected chi connectivity index (χ1v) is 5.92. The molecule has 1 aromatic carbocycles. The highest BCUT2D eigenvalue weighted by Gasteiger charge is 2.09. The molecule has 0 fully saturated rings. The van der Waals surface area contributed by atoms with E-state index < -0.39 is 11.9 Å². The fourth-order valence-corrected chi connectivity index (χ4v) is 1.38. The van der Waals surface area contributed by atoms with E-state index >= 15 is 0 Å². The molecule has 19 heavy (non-hydrogen) atoms. The zero-order chi connectivity index (χ0) is 14.3. The maximum absolute atomic E-state index is 13.5. The number of carbonyl (C=O) groups excluding carboxylic acids is 1. The molecule has 7 heteroatoms. The third kappa shape index (κ3) is 4.90. The average Bonchev–Trinajstić information content (AvgIpc) is 2.35. The third-order valence-electron chi connectivity index (χ3n) is 2.23. The van der Waals surface area contributed by atoms with E-state index in [0.29, 0.717) is 18.8 Å². The molecular formula is C12H18FN3O3. The van der Waals surface area contributed by atoms with Gasteiger partial charge in [-0.15, -0.1) is 0 Å². The van der Waals surface area contributed by atoms with Crippen molar-refractivity contribution in [1.29, 1.82) is 0 Å². The molecule has 0 heterocycles. The van der Waals surface area contributed by atoms with Crippen molar-refractivity contribution in [1.82, 2.24) is 0 Å². The quantitative estimate of drug-likeness (QED) is 0.518. The number of nitrogen functional groups attached to an aromatic ring is 1. The Balaban J connectivity index is 2.63. The van der Waals surface area contributed by atoms with E-state index in [9.17, 15) is 9.18 Å². The summed E-state index contributed by atoms with van der Waals surface area (Å²) in [6, 6.07) is 2.66. The van der Waals surface area contributed by atoms with Gasteiger partial charge in [0.25, 0.3) is 0 Å². The van der Waals surface area contributed by atoms with E-state index in [1.165, 1.54) is 12.1 Å². The molecule has 0 aliphatic carbocycles. The topological polar surface area (TPSA) is 99.6 Å². The SMILES string of the molecule is CCCOc1cc(NCCOC(N)=O)c(N)cc1F. The standard InChI is InChI=1S/C12H18FN3O3/c1-2-4-18-11-7-10(9(14)6-8(11)13)16-3-5-19-12(15)17/h6-7,16H,2-5,14H2,1H3,(H2,15,17). The van der Waals surface area contributed by atoms with Crippen LogP contribution in [0.15, 0.2) is 12.1 Å². The number of rotatable bonds is 7. The number of anilines is 2. The van der Waals surface area contributed by atoms with Crippen LogP contribution < -0.4 is 21.5 Å². The summed E-state index contributed by atoms with van der Waals surface area (Å²) in [5, 5.41) is 2.91. The lowest BCUT2D eigenvalue weighted by molar-refractivity contribution is 0.161. The van der Waals surface area contributed by atoms with Gasteiger partial charge in [0, 0.05) is 18.7 Å². The summed E-state index contributed by atoms with van der Waals surface area (Å²) in [6.07, 6.45) is -0.0696. The molecule has 106 valence electrons. The van der Waals surface area contributed by atoms with Crippen LogP contribution in [-0.2, 0) is 4.74 Å². The minimum Gasteiger partial charge on any atom is -0.490 e. The molecule has 1 aromatic rings. The number of halogens is 1. The molecule has 1 rings (SSSR count). The van der Waals surface area contributed by atoms with Gasteiger partial charge in [0.1, 0.15) is 6.61 Å². The maximum Gasteiger partial charge on any atom is 0.404 e. The smallest absolute Gasteiger partial charge is 0.404 e. The van der Waals surface area contributed by atoms with E-state index in [0.717, 1.165) is 6.42 Å². The number of hydrogen-bond donors (Lipinski definition) is 3. The van der Waals surface area contributed by atoms with Crippen molar-refractivity contribution in [3.05, 3.63) is 17.9 Å².